The van der Waals surface area contributed by atoms with Crippen molar-refractivity contribution in [1.82, 2.24) is 19.7 Å². The van der Waals surface area contributed by atoms with Crippen LogP contribution >= 0.6 is 11.8 Å². The summed E-state index contributed by atoms with van der Waals surface area (Å²) in [6.07, 6.45) is 3.35. The van der Waals surface area contributed by atoms with E-state index < -0.39 is 16.9 Å². The van der Waals surface area contributed by atoms with Crippen LogP contribution in [0.3, 0.4) is 0 Å². The van der Waals surface area contributed by atoms with Crippen LogP contribution in [0.2, 0.25) is 0 Å². The molecule has 9 heteroatoms. The van der Waals surface area contributed by atoms with Gasteiger partial charge in [0.1, 0.15) is 5.75 Å². The van der Waals surface area contributed by atoms with E-state index in [1.807, 2.05) is 41.8 Å². The molecule has 2 aromatic heterocycles. The summed E-state index contributed by atoms with van der Waals surface area (Å²) in [6.45, 7) is 4.15. The van der Waals surface area contributed by atoms with Gasteiger partial charge in [-0.15, -0.1) is 10.2 Å². The molecule has 2 heterocycles. The molecule has 4 aromatic rings. The van der Waals surface area contributed by atoms with Crippen molar-refractivity contribution in [3.63, 3.8) is 0 Å². The molecule has 0 fully saturated rings. The molecule has 33 heavy (non-hydrogen) atoms. The van der Waals surface area contributed by atoms with Gasteiger partial charge in [0.15, 0.2) is 28.4 Å². The number of benzene rings is 2. The molecule has 168 valence electrons. The van der Waals surface area contributed by atoms with Gasteiger partial charge in [0.2, 0.25) is 0 Å². The zero-order valence-corrected chi connectivity index (χ0v) is 18.7. The van der Waals surface area contributed by atoms with Gasteiger partial charge in [-0.25, -0.2) is 8.78 Å². The maximum atomic E-state index is 13.6. The fraction of sp³-hybridized carbons (Fsp3) is 0.167. The number of hydrogen-bond donors (Lipinski definition) is 0. The molecule has 4 rings (SSSR count). The Morgan fingerprint density at radius 3 is 2.55 bits per heavy atom. The average molecular weight is 467 g/mol. The first-order valence-corrected chi connectivity index (χ1v) is 11.1. The Morgan fingerprint density at radius 1 is 1.09 bits per heavy atom. The highest BCUT2D eigenvalue weighted by atomic mass is 32.2. The van der Waals surface area contributed by atoms with Crippen LogP contribution in [-0.2, 0) is 0 Å². The van der Waals surface area contributed by atoms with Gasteiger partial charge in [0.05, 0.1) is 11.9 Å². The van der Waals surface area contributed by atoms with Crippen molar-refractivity contribution in [2.24, 2.45) is 0 Å². The molecular weight excluding hydrogens is 446 g/mol. The van der Waals surface area contributed by atoms with Crippen molar-refractivity contribution < 1.29 is 18.3 Å². The van der Waals surface area contributed by atoms with Crippen molar-refractivity contribution in [2.75, 3.05) is 6.61 Å². The summed E-state index contributed by atoms with van der Waals surface area (Å²) < 4.78 is 34.2. The minimum absolute atomic E-state index is 0.0912. The minimum Gasteiger partial charge on any atom is -0.494 e. The Labute approximate surface area is 193 Å². The van der Waals surface area contributed by atoms with Crippen LogP contribution in [0.4, 0.5) is 8.78 Å². The number of Topliss-reactive ketones (excluding diaryl/α,β-unsaturated/α-hetero) is 1. The maximum Gasteiger partial charge on any atom is 0.196 e. The van der Waals surface area contributed by atoms with E-state index in [4.69, 9.17) is 4.74 Å². The van der Waals surface area contributed by atoms with E-state index in [0.717, 1.165) is 29.1 Å². The van der Waals surface area contributed by atoms with Crippen LogP contribution in [-0.4, -0.2) is 37.4 Å². The van der Waals surface area contributed by atoms with Crippen LogP contribution in [0.15, 0.2) is 72.1 Å². The Morgan fingerprint density at radius 2 is 1.88 bits per heavy atom. The zero-order chi connectivity index (χ0) is 23.4. The van der Waals surface area contributed by atoms with Gasteiger partial charge in [-0.3, -0.25) is 14.3 Å². The molecule has 0 aliphatic rings. The molecule has 6 nitrogen and oxygen atoms in total. The summed E-state index contributed by atoms with van der Waals surface area (Å²) in [4.78, 5) is 17.0. The Hall–Kier alpha value is -3.59. The summed E-state index contributed by atoms with van der Waals surface area (Å²) >= 11 is 1.18. The lowest BCUT2D eigenvalue weighted by Gasteiger charge is -2.14. The van der Waals surface area contributed by atoms with Crippen molar-refractivity contribution in [3.8, 4) is 22.8 Å². The van der Waals surface area contributed by atoms with Crippen molar-refractivity contribution in [1.29, 1.82) is 0 Å². The number of rotatable bonds is 8. The molecule has 0 N–H and O–H groups in total. The van der Waals surface area contributed by atoms with Gasteiger partial charge in [0.25, 0.3) is 0 Å². The van der Waals surface area contributed by atoms with Gasteiger partial charge in [-0.2, -0.15) is 0 Å². The van der Waals surface area contributed by atoms with Crippen LogP contribution in [0.25, 0.3) is 17.1 Å². The van der Waals surface area contributed by atoms with Gasteiger partial charge in [-0.05, 0) is 68.4 Å². The number of hydrogen-bond acceptors (Lipinski definition) is 6. The molecule has 0 unspecified atom stereocenters. The third-order valence-electron chi connectivity index (χ3n) is 4.81. The average Bonchev–Trinajstić information content (AvgIpc) is 3.25. The number of ketones is 1. The highest BCUT2D eigenvalue weighted by molar-refractivity contribution is 8.00. The molecule has 0 radical (unpaired) electrons. The molecular formula is C24H20F2N4O2S. The second-order valence-corrected chi connectivity index (χ2v) is 8.37. The number of halogens is 2. The van der Waals surface area contributed by atoms with Crippen molar-refractivity contribution in [3.05, 3.63) is 84.2 Å². The van der Waals surface area contributed by atoms with Gasteiger partial charge in [0, 0.05) is 29.2 Å². The quantitative estimate of drug-likeness (QED) is 0.257. The fourth-order valence-corrected chi connectivity index (χ4v) is 4.16. The summed E-state index contributed by atoms with van der Waals surface area (Å²) in [6, 6.07) is 14.2. The highest BCUT2D eigenvalue weighted by Gasteiger charge is 2.23. The second-order valence-electron chi connectivity index (χ2n) is 7.06. The summed E-state index contributed by atoms with van der Waals surface area (Å²) in [7, 11) is 0. The molecule has 2 aromatic carbocycles. The van der Waals surface area contributed by atoms with Gasteiger partial charge < -0.3 is 4.74 Å². The molecule has 0 saturated carbocycles. The van der Waals surface area contributed by atoms with E-state index in [1.165, 1.54) is 17.8 Å². The lowest BCUT2D eigenvalue weighted by Crippen LogP contribution is -2.15. The van der Waals surface area contributed by atoms with E-state index in [-0.39, 0.29) is 11.3 Å². The van der Waals surface area contributed by atoms with Crippen LogP contribution in [0, 0.1) is 11.6 Å². The standard InChI is InChI=1S/C24H20F2N4O2S/c1-3-32-19-9-7-18(8-10-19)30-23(17-5-4-12-27-14-17)28-29-24(30)33-15(2)22(31)16-6-11-20(25)21(26)13-16/h4-15H,3H2,1-2H3/t15-/m1/s1. The third-order valence-corrected chi connectivity index (χ3v) is 5.86. The lowest BCUT2D eigenvalue weighted by atomic mass is 10.1. The number of carbonyl (C=O) groups is 1. The molecule has 1 atom stereocenters. The van der Waals surface area contributed by atoms with Crippen LogP contribution in [0.1, 0.15) is 24.2 Å². The molecule has 0 aliphatic carbocycles. The van der Waals surface area contributed by atoms with E-state index >= 15 is 0 Å². The predicted molar refractivity (Wildman–Crippen MR) is 122 cm³/mol. The largest absolute Gasteiger partial charge is 0.494 e. The number of pyridine rings is 1. The SMILES string of the molecule is CCOc1ccc(-n2c(S[C@H](C)C(=O)c3ccc(F)c(F)c3)nnc2-c2cccnc2)cc1. The fourth-order valence-electron chi connectivity index (χ4n) is 3.21. The van der Waals surface area contributed by atoms with E-state index in [9.17, 15) is 13.6 Å². The molecule has 0 aliphatic heterocycles. The Kier molecular flexibility index (Phi) is 6.79. The monoisotopic (exact) mass is 466 g/mol. The summed E-state index contributed by atoms with van der Waals surface area (Å²) in [5, 5.41) is 8.49. The Balaban J connectivity index is 1.69. The first kappa shape index (κ1) is 22.6. The normalized spacial score (nSPS) is 11.9. The number of aromatic nitrogens is 4. The lowest BCUT2D eigenvalue weighted by molar-refractivity contribution is 0.0993. The molecule has 0 saturated heterocycles. The molecule has 0 amide bonds. The number of thioether (sulfide) groups is 1. The minimum atomic E-state index is -1.06. The molecule has 0 spiro atoms. The van der Waals surface area contributed by atoms with Crippen molar-refractivity contribution in [2.45, 2.75) is 24.3 Å². The highest BCUT2D eigenvalue weighted by Crippen LogP contribution is 2.31. The van der Waals surface area contributed by atoms with E-state index in [0.29, 0.717) is 17.6 Å². The number of nitrogens with zero attached hydrogens (tertiary/aromatic N) is 4. The Bertz CT molecular complexity index is 1260. The van der Waals surface area contributed by atoms with E-state index in [2.05, 4.69) is 15.2 Å². The second kappa shape index (κ2) is 9.91. The summed E-state index contributed by atoms with van der Waals surface area (Å²) in [5.74, 6) is -1.11. The van der Waals surface area contributed by atoms with E-state index in [1.54, 1.807) is 25.4 Å². The van der Waals surface area contributed by atoms with Crippen LogP contribution < -0.4 is 4.74 Å². The van der Waals surface area contributed by atoms with Crippen molar-refractivity contribution >= 4 is 17.5 Å². The first-order valence-electron chi connectivity index (χ1n) is 10.2. The number of ether oxygens (including phenoxy) is 1. The maximum absolute atomic E-state index is 13.6. The third kappa shape index (κ3) is 4.93. The topological polar surface area (TPSA) is 69.9 Å². The summed E-state index contributed by atoms with van der Waals surface area (Å²) in [5.41, 5.74) is 1.62. The zero-order valence-electron chi connectivity index (χ0n) is 17.9. The van der Waals surface area contributed by atoms with Gasteiger partial charge in [-0.1, -0.05) is 11.8 Å². The number of carbonyl (C=O) groups excluding carboxylic acids is 1. The smallest absolute Gasteiger partial charge is 0.196 e. The van der Waals surface area contributed by atoms with Crippen LogP contribution in [0.5, 0.6) is 5.75 Å². The first-order chi connectivity index (χ1) is 16.0. The van der Waals surface area contributed by atoms with Gasteiger partial charge >= 0.3 is 0 Å². The molecule has 0 bridgehead atoms. The predicted octanol–water partition coefficient (Wildman–Crippen LogP) is 5.37.